The highest BCUT2D eigenvalue weighted by Crippen LogP contribution is 1.93. The Balaban J connectivity index is 0. The van der Waals surface area contributed by atoms with Gasteiger partial charge in [0.25, 0.3) is 0 Å². The molecule has 0 unspecified atom stereocenters. The fourth-order valence-corrected chi connectivity index (χ4v) is 0.533. The fourth-order valence-electron chi connectivity index (χ4n) is 0.344. The minimum Gasteiger partial charge on any atom is -0.127 e. The van der Waals surface area contributed by atoms with Crippen LogP contribution in [0.25, 0.3) is 0 Å². The maximum atomic E-state index is 5.38. The van der Waals surface area contributed by atoms with Crippen LogP contribution in [0.3, 0.4) is 0 Å². The third-order valence-electron chi connectivity index (χ3n) is 0.846. The van der Waals surface area contributed by atoms with Crippen LogP contribution >= 0.6 is 27.5 Å². The third-order valence-corrected chi connectivity index (χ3v) is 1.57. The molecule has 0 fully saturated rings. The van der Waals surface area contributed by atoms with Crippen LogP contribution in [0.2, 0.25) is 0 Å². The fraction of sp³-hybridized carbons (Fsp3) is 0.750. The molecule has 0 heterocycles. The van der Waals surface area contributed by atoms with Gasteiger partial charge in [-0.1, -0.05) is 41.8 Å². The average molecular weight is 228 g/mol. The molecule has 0 aromatic rings. The van der Waals surface area contributed by atoms with Gasteiger partial charge in [-0.05, 0) is 6.42 Å². The molecule has 0 nitrogen and oxygen atoms in total. The van der Waals surface area contributed by atoms with Gasteiger partial charge in [0.05, 0.1) is 0 Å². The Kier molecular flexibility index (Phi) is 21.3. The molecule has 0 spiro atoms. The normalized spacial score (nSPS) is 7.90. The van der Waals surface area contributed by atoms with Gasteiger partial charge in [0.15, 0.2) is 0 Å². The van der Waals surface area contributed by atoms with E-state index < -0.39 is 0 Å². The molecule has 0 atom stereocenters. The minimum atomic E-state index is 0.827. The van der Waals surface area contributed by atoms with E-state index in [0.717, 1.165) is 11.2 Å². The lowest BCUT2D eigenvalue weighted by molar-refractivity contribution is 0.776. The van der Waals surface area contributed by atoms with Crippen LogP contribution in [0.5, 0.6) is 0 Å². The van der Waals surface area contributed by atoms with Crippen molar-refractivity contribution in [2.45, 2.75) is 26.2 Å². The quantitative estimate of drug-likeness (QED) is 0.387. The summed E-state index contributed by atoms with van der Waals surface area (Å²) in [6.07, 6.45) is 5.52. The molecule has 0 saturated heterocycles. The second kappa shape index (κ2) is 16.3. The van der Waals surface area contributed by atoms with Gasteiger partial charge < -0.3 is 0 Å². The number of allylic oxidation sites excluding steroid dienone is 1. The first kappa shape index (κ1) is 13.1. The number of hydrogen-bond donors (Lipinski definition) is 0. The number of alkyl halides is 2. The Morgan fingerprint density at radius 1 is 1.50 bits per heavy atom. The molecule has 0 aliphatic heterocycles. The topological polar surface area (TPSA) is 0 Å². The molecule has 0 bridgehead atoms. The summed E-state index contributed by atoms with van der Waals surface area (Å²) >= 11 is 8.51. The van der Waals surface area contributed by atoms with Crippen molar-refractivity contribution < 1.29 is 0 Å². The maximum absolute atomic E-state index is 5.38. The summed E-state index contributed by atoms with van der Waals surface area (Å²) in [5, 5.41) is 0.896. The minimum absolute atomic E-state index is 0.827. The highest BCUT2D eigenvalue weighted by atomic mass is 79.9. The summed E-state index contributed by atoms with van der Waals surface area (Å²) in [5.74, 6) is 0.827. The van der Waals surface area contributed by atoms with Gasteiger partial charge in [0, 0.05) is 11.2 Å². The summed E-state index contributed by atoms with van der Waals surface area (Å²) < 4.78 is 0. The van der Waals surface area contributed by atoms with E-state index >= 15 is 0 Å². The van der Waals surface area contributed by atoms with Crippen LogP contribution in [0.1, 0.15) is 26.2 Å². The van der Waals surface area contributed by atoms with E-state index in [4.69, 9.17) is 11.6 Å². The van der Waals surface area contributed by atoms with Crippen LogP contribution in [0.4, 0.5) is 0 Å². The molecule has 2 heteroatoms. The van der Waals surface area contributed by atoms with Crippen molar-refractivity contribution in [2.75, 3.05) is 11.2 Å². The first-order chi connectivity index (χ1) is 4.83. The Bertz CT molecular complexity index is 51.2. The lowest BCUT2D eigenvalue weighted by Gasteiger charge is -1.84. The summed E-state index contributed by atoms with van der Waals surface area (Å²) in [4.78, 5) is 0. The average Bonchev–Trinajstić information content (AvgIpc) is 2.01. The smallest absolute Gasteiger partial charge is 0.0223 e. The van der Waals surface area contributed by atoms with Crippen LogP contribution in [-0.4, -0.2) is 11.2 Å². The van der Waals surface area contributed by atoms with E-state index in [-0.39, 0.29) is 0 Å². The van der Waals surface area contributed by atoms with Crippen LogP contribution in [-0.2, 0) is 0 Å². The van der Waals surface area contributed by atoms with E-state index in [2.05, 4.69) is 29.4 Å². The summed E-state index contributed by atoms with van der Waals surface area (Å²) in [7, 11) is 0. The molecule has 0 aromatic heterocycles. The molecule has 0 aliphatic carbocycles. The molecular formula is C8H16BrCl. The zero-order valence-corrected chi connectivity index (χ0v) is 8.92. The van der Waals surface area contributed by atoms with Crippen molar-refractivity contribution in [1.29, 1.82) is 0 Å². The molecule has 0 amide bonds. The number of unbranched alkanes of at least 4 members (excludes halogenated alkanes) is 2. The maximum Gasteiger partial charge on any atom is 0.0223 e. The molecule has 10 heavy (non-hydrogen) atoms. The highest BCUT2D eigenvalue weighted by molar-refractivity contribution is 9.09. The molecule has 0 N–H and O–H groups in total. The largest absolute Gasteiger partial charge is 0.127 e. The van der Waals surface area contributed by atoms with E-state index in [9.17, 15) is 0 Å². The second-order valence-electron chi connectivity index (χ2n) is 1.84. The van der Waals surface area contributed by atoms with E-state index in [0.29, 0.717) is 0 Å². The van der Waals surface area contributed by atoms with Crippen molar-refractivity contribution in [2.24, 2.45) is 0 Å². The summed E-state index contributed by atoms with van der Waals surface area (Å²) in [5.41, 5.74) is 0. The lowest BCUT2D eigenvalue weighted by Crippen LogP contribution is -1.70. The Morgan fingerprint density at radius 3 is 2.10 bits per heavy atom. The van der Waals surface area contributed by atoms with E-state index in [1.165, 1.54) is 19.3 Å². The van der Waals surface area contributed by atoms with Crippen molar-refractivity contribution in [3.8, 4) is 0 Å². The van der Waals surface area contributed by atoms with Gasteiger partial charge in [-0.3, -0.25) is 0 Å². The van der Waals surface area contributed by atoms with Crippen molar-refractivity contribution >= 4 is 27.5 Å². The van der Waals surface area contributed by atoms with Gasteiger partial charge in [-0.15, -0.1) is 18.2 Å². The van der Waals surface area contributed by atoms with E-state index in [1.807, 2.05) is 0 Å². The van der Waals surface area contributed by atoms with Crippen molar-refractivity contribution in [3.05, 3.63) is 12.7 Å². The zero-order valence-electron chi connectivity index (χ0n) is 6.58. The number of hydrogen-bond acceptors (Lipinski definition) is 0. The summed E-state index contributed by atoms with van der Waals surface area (Å²) in [6.45, 7) is 5.61. The van der Waals surface area contributed by atoms with Gasteiger partial charge in [-0.25, -0.2) is 0 Å². The second-order valence-corrected chi connectivity index (χ2v) is 2.86. The molecule has 0 aromatic carbocycles. The van der Waals surface area contributed by atoms with Crippen LogP contribution in [0, 0.1) is 0 Å². The zero-order chi connectivity index (χ0) is 8.24. The molecule has 0 radical (unpaired) electrons. The number of rotatable bonds is 4. The van der Waals surface area contributed by atoms with Gasteiger partial charge in [0.1, 0.15) is 0 Å². The van der Waals surface area contributed by atoms with Crippen molar-refractivity contribution in [1.82, 2.24) is 0 Å². The van der Waals surface area contributed by atoms with Crippen LogP contribution < -0.4 is 0 Å². The molecule has 0 aliphatic rings. The molecule has 0 rings (SSSR count). The standard InChI is InChI=1S/C5H11Cl.C3H5Br/c1-2-3-4-5-6;1-2-3-4/h2-5H2,1H3;2H,1,3H2. The first-order valence-corrected chi connectivity index (χ1v) is 5.21. The van der Waals surface area contributed by atoms with Gasteiger partial charge in [-0.2, -0.15) is 0 Å². The monoisotopic (exact) mass is 226 g/mol. The Hall–Kier alpha value is 0.510. The number of halogens is 2. The molecule has 62 valence electrons. The first-order valence-electron chi connectivity index (χ1n) is 3.56. The third kappa shape index (κ3) is 23.6. The van der Waals surface area contributed by atoms with Crippen LogP contribution in [0.15, 0.2) is 12.7 Å². The molecular weight excluding hydrogens is 211 g/mol. The highest BCUT2D eigenvalue weighted by Gasteiger charge is 1.76. The predicted octanol–water partition coefficient (Wildman–Crippen LogP) is 3.98. The Morgan fingerprint density at radius 2 is 2.00 bits per heavy atom. The lowest BCUT2D eigenvalue weighted by atomic mass is 10.3. The molecule has 0 saturated carbocycles. The van der Waals surface area contributed by atoms with Gasteiger partial charge >= 0.3 is 0 Å². The Labute approximate surface area is 77.8 Å². The SMILES string of the molecule is C=CCBr.CCCCCCl. The van der Waals surface area contributed by atoms with E-state index in [1.54, 1.807) is 6.08 Å². The van der Waals surface area contributed by atoms with Gasteiger partial charge in [0.2, 0.25) is 0 Å². The predicted molar refractivity (Wildman–Crippen MR) is 54.2 cm³/mol. The van der Waals surface area contributed by atoms with Crippen molar-refractivity contribution in [3.63, 3.8) is 0 Å². The summed E-state index contributed by atoms with van der Waals surface area (Å²) in [6, 6.07) is 0.